The number of ether oxygens (including phenoxy) is 1. The Hall–Kier alpha value is -0.900. The van der Waals surface area contributed by atoms with Gasteiger partial charge in [-0.25, -0.2) is 0 Å². The molecule has 3 rings (SSSR count). The van der Waals surface area contributed by atoms with Crippen molar-refractivity contribution in [1.29, 1.82) is 0 Å². The Morgan fingerprint density at radius 1 is 1.19 bits per heavy atom. The summed E-state index contributed by atoms with van der Waals surface area (Å²) >= 11 is 0. The lowest BCUT2D eigenvalue weighted by Crippen LogP contribution is -2.51. The molecule has 6 nitrogen and oxygen atoms in total. The maximum absolute atomic E-state index is 5.27. The molecule has 7 heteroatoms. The largest absolute Gasteiger partial charge is 0.383 e. The molecular weight excluding hydrogens is 501 g/mol. The Morgan fingerprint density at radius 3 is 2.61 bits per heavy atom. The molecule has 2 atom stereocenters. The summed E-state index contributed by atoms with van der Waals surface area (Å²) in [4.78, 5) is 10.0. The van der Waals surface area contributed by atoms with Crippen molar-refractivity contribution in [3.05, 3.63) is 35.9 Å². The third kappa shape index (κ3) is 9.24. The zero-order valence-corrected chi connectivity index (χ0v) is 21.9. The molecule has 0 aromatic heterocycles. The highest BCUT2D eigenvalue weighted by atomic mass is 127. The van der Waals surface area contributed by atoms with Gasteiger partial charge in [-0.1, -0.05) is 30.3 Å². The van der Waals surface area contributed by atoms with E-state index in [0.29, 0.717) is 12.1 Å². The molecule has 176 valence electrons. The zero-order chi connectivity index (χ0) is 21.2. The maximum Gasteiger partial charge on any atom is 0.191 e. The molecule has 1 aliphatic carbocycles. The van der Waals surface area contributed by atoms with E-state index < -0.39 is 0 Å². The molecule has 1 saturated heterocycles. The van der Waals surface area contributed by atoms with Crippen LogP contribution in [-0.4, -0.2) is 80.3 Å². The second kappa shape index (κ2) is 14.3. The quantitative estimate of drug-likeness (QED) is 0.255. The van der Waals surface area contributed by atoms with Crippen LogP contribution >= 0.6 is 24.0 Å². The van der Waals surface area contributed by atoms with Crippen LogP contribution in [0, 0.1) is 0 Å². The first-order valence-corrected chi connectivity index (χ1v) is 11.8. The van der Waals surface area contributed by atoms with Crippen molar-refractivity contribution in [1.82, 2.24) is 20.4 Å². The number of likely N-dealkylation sites (tertiary alicyclic amines) is 1. The van der Waals surface area contributed by atoms with E-state index in [9.17, 15) is 0 Å². The second-order valence-electron chi connectivity index (χ2n) is 8.69. The highest BCUT2D eigenvalue weighted by molar-refractivity contribution is 14.0. The van der Waals surface area contributed by atoms with E-state index >= 15 is 0 Å². The van der Waals surface area contributed by atoms with Crippen LogP contribution in [0.5, 0.6) is 0 Å². The van der Waals surface area contributed by atoms with Gasteiger partial charge in [-0.05, 0) is 45.1 Å². The number of halogens is 1. The van der Waals surface area contributed by atoms with E-state index in [-0.39, 0.29) is 24.0 Å². The topological polar surface area (TPSA) is 52.1 Å². The number of guanidine groups is 1. The van der Waals surface area contributed by atoms with Crippen molar-refractivity contribution in [2.24, 2.45) is 4.99 Å². The van der Waals surface area contributed by atoms with Gasteiger partial charge in [0, 0.05) is 58.0 Å². The Balaban J connectivity index is 0.00000341. The van der Waals surface area contributed by atoms with Crippen LogP contribution in [0.3, 0.4) is 0 Å². The first kappa shape index (κ1) is 26.4. The van der Waals surface area contributed by atoms with Gasteiger partial charge < -0.3 is 15.4 Å². The normalized spacial score (nSPS) is 22.3. The van der Waals surface area contributed by atoms with Gasteiger partial charge in [-0.15, -0.1) is 24.0 Å². The highest BCUT2D eigenvalue weighted by Gasteiger charge is 2.28. The summed E-state index contributed by atoms with van der Waals surface area (Å²) in [6.07, 6.45) is 4.96. The Bertz CT molecular complexity index is 640. The number of nitrogens with one attached hydrogen (secondary N) is 2. The van der Waals surface area contributed by atoms with Crippen LogP contribution in [0.2, 0.25) is 0 Å². The van der Waals surface area contributed by atoms with Gasteiger partial charge in [-0.3, -0.25) is 14.8 Å². The predicted molar refractivity (Wildman–Crippen MR) is 140 cm³/mol. The summed E-state index contributed by atoms with van der Waals surface area (Å²) < 4.78 is 5.27. The van der Waals surface area contributed by atoms with Crippen LogP contribution < -0.4 is 10.6 Å². The van der Waals surface area contributed by atoms with Crippen molar-refractivity contribution in [3.63, 3.8) is 0 Å². The Labute approximate surface area is 206 Å². The summed E-state index contributed by atoms with van der Waals surface area (Å²) in [5.41, 5.74) is 1.40. The minimum atomic E-state index is 0. The molecular formula is C24H42IN5O. The number of nitrogens with zero attached hydrogens (tertiary/aromatic N) is 3. The Kier molecular flexibility index (Phi) is 12.1. The monoisotopic (exact) mass is 543 g/mol. The molecule has 2 aliphatic rings. The van der Waals surface area contributed by atoms with Crippen molar-refractivity contribution < 1.29 is 4.74 Å². The first-order valence-electron chi connectivity index (χ1n) is 11.8. The third-order valence-electron chi connectivity index (χ3n) is 6.23. The van der Waals surface area contributed by atoms with E-state index in [0.717, 1.165) is 70.7 Å². The minimum absolute atomic E-state index is 0. The average molecular weight is 544 g/mol. The molecule has 0 spiro atoms. The molecule has 0 amide bonds. The molecule has 31 heavy (non-hydrogen) atoms. The molecule has 2 unspecified atom stereocenters. The Morgan fingerprint density at radius 2 is 1.97 bits per heavy atom. The lowest BCUT2D eigenvalue weighted by molar-refractivity contribution is 0.134. The zero-order valence-electron chi connectivity index (χ0n) is 19.6. The van der Waals surface area contributed by atoms with Gasteiger partial charge in [0.25, 0.3) is 0 Å². The summed E-state index contributed by atoms with van der Waals surface area (Å²) in [7, 11) is 1.78. The predicted octanol–water partition coefficient (Wildman–Crippen LogP) is 3.32. The summed E-state index contributed by atoms with van der Waals surface area (Å²) in [5.74, 6) is 0.966. The molecule has 2 fully saturated rings. The number of piperidine rings is 1. The fraction of sp³-hybridized carbons (Fsp3) is 0.708. The fourth-order valence-electron chi connectivity index (χ4n) is 4.33. The van der Waals surface area contributed by atoms with Crippen molar-refractivity contribution in [2.75, 3.05) is 46.4 Å². The summed E-state index contributed by atoms with van der Waals surface area (Å²) in [6.45, 7) is 11.2. The molecule has 1 aromatic rings. The molecule has 0 bridgehead atoms. The third-order valence-corrected chi connectivity index (χ3v) is 6.23. The summed E-state index contributed by atoms with van der Waals surface area (Å²) in [5, 5.41) is 7.14. The van der Waals surface area contributed by atoms with Crippen molar-refractivity contribution >= 4 is 29.9 Å². The molecule has 1 heterocycles. The van der Waals surface area contributed by atoms with Crippen LogP contribution in [0.1, 0.15) is 45.1 Å². The lowest BCUT2D eigenvalue weighted by Gasteiger charge is -2.38. The number of aliphatic imine (C=N–C) groups is 1. The highest BCUT2D eigenvalue weighted by Crippen LogP contribution is 2.26. The van der Waals surface area contributed by atoms with Crippen LogP contribution in [0.25, 0.3) is 0 Å². The minimum Gasteiger partial charge on any atom is -0.383 e. The van der Waals surface area contributed by atoms with Gasteiger partial charge in [0.15, 0.2) is 5.96 Å². The van der Waals surface area contributed by atoms with E-state index in [1.807, 2.05) is 0 Å². The maximum atomic E-state index is 5.27. The van der Waals surface area contributed by atoms with Crippen LogP contribution in [-0.2, 0) is 11.3 Å². The number of methoxy groups -OCH3 is 1. The van der Waals surface area contributed by atoms with Gasteiger partial charge in [0.2, 0.25) is 0 Å². The van der Waals surface area contributed by atoms with Gasteiger partial charge >= 0.3 is 0 Å². The molecule has 2 N–H and O–H groups in total. The van der Waals surface area contributed by atoms with E-state index in [4.69, 9.17) is 9.73 Å². The number of hydrogen-bond donors (Lipinski definition) is 2. The van der Waals surface area contributed by atoms with Gasteiger partial charge in [0.05, 0.1) is 13.2 Å². The number of hydrogen-bond acceptors (Lipinski definition) is 4. The average Bonchev–Trinajstić information content (AvgIpc) is 3.59. The van der Waals surface area contributed by atoms with E-state index in [1.165, 1.54) is 18.4 Å². The number of benzene rings is 1. The first-order chi connectivity index (χ1) is 14.7. The van der Waals surface area contributed by atoms with Crippen LogP contribution in [0.4, 0.5) is 0 Å². The number of rotatable bonds is 11. The van der Waals surface area contributed by atoms with Gasteiger partial charge in [0.1, 0.15) is 0 Å². The second-order valence-corrected chi connectivity index (χ2v) is 8.69. The molecule has 1 saturated carbocycles. The SMILES string of the molecule is CCNC(=NCCN(CCOC)C1CC1)NC1CCN(Cc2ccccc2)C(C)C1.I. The molecule has 1 aromatic carbocycles. The fourth-order valence-corrected chi connectivity index (χ4v) is 4.33. The molecule has 1 aliphatic heterocycles. The van der Waals surface area contributed by atoms with Crippen LogP contribution in [0.15, 0.2) is 35.3 Å². The molecule has 0 radical (unpaired) electrons. The van der Waals surface area contributed by atoms with Crippen molar-refractivity contribution in [2.45, 2.75) is 64.2 Å². The lowest BCUT2D eigenvalue weighted by atomic mass is 9.97. The van der Waals surface area contributed by atoms with E-state index in [1.54, 1.807) is 7.11 Å². The van der Waals surface area contributed by atoms with Crippen molar-refractivity contribution in [3.8, 4) is 0 Å². The van der Waals surface area contributed by atoms with Gasteiger partial charge in [-0.2, -0.15) is 0 Å². The smallest absolute Gasteiger partial charge is 0.191 e. The standard InChI is InChI=1S/C24H41N5O.HI/c1-4-25-24(26-13-15-28(16-17-30-3)23-10-11-23)27-22-12-14-29(20(2)18-22)19-21-8-6-5-7-9-21;/h5-9,20,22-23H,4,10-19H2,1-3H3,(H2,25,26,27);1H. The summed E-state index contributed by atoms with van der Waals surface area (Å²) in [6, 6.07) is 12.6. The van der Waals surface area contributed by atoms with E-state index in [2.05, 4.69) is 64.6 Å².